The monoisotopic (exact) mass is 361 g/mol. The minimum atomic E-state index is -4.65. The third-order valence-corrected chi connectivity index (χ3v) is 4.15. The Morgan fingerprint density at radius 2 is 1.88 bits per heavy atom. The van der Waals surface area contributed by atoms with E-state index in [1.807, 2.05) is 35.9 Å². The van der Waals surface area contributed by atoms with Crippen molar-refractivity contribution in [2.75, 3.05) is 12.4 Å². The first kappa shape index (κ1) is 16.3. The highest BCUT2D eigenvalue weighted by molar-refractivity contribution is 5.83. The van der Waals surface area contributed by atoms with Crippen molar-refractivity contribution in [2.45, 2.75) is 12.7 Å². The molecule has 3 heterocycles. The molecule has 0 unspecified atom stereocenters. The number of anilines is 1. The maximum Gasteiger partial charge on any atom is 0.451 e. The highest BCUT2D eigenvalue weighted by atomic mass is 19.4. The van der Waals surface area contributed by atoms with E-state index in [4.69, 9.17) is 0 Å². The Labute approximate surface area is 145 Å². The fourth-order valence-electron chi connectivity index (χ4n) is 2.85. The van der Waals surface area contributed by atoms with Gasteiger partial charge in [-0.3, -0.25) is 0 Å². The Bertz CT molecular complexity index is 1110. The SMILES string of the molecule is CNc1nc(C(F)(F)F)nc2c1ncn2Cc1nc2ccccc2n1C. The molecule has 1 N–H and O–H groups in total. The molecule has 0 aliphatic rings. The minimum absolute atomic E-state index is 0.0334. The number of para-hydroxylation sites is 2. The van der Waals surface area contributed by atoms with Crippen LogP contribution in [0.5, 0.6) is 0 Å². The van der Waals surface area contributed by atoms with Crippen LogP contribution in [0.1, 0.15) is 11.6 Å². The second-order valence-corrected chi connectivity index (χ2v) is 5.76. The van der Waals surface area contributed by atoms with Gasteiger partial charge in [0.2, 0.25) is 5.82 Å². The summed E-state index contributed by atoms with van der Waals surface area (Å²) in [6, 6.07) is 7.60. The number of alkyl halides is 3. The number of fused-ring (bicyclic) bond motifs is 2. The number of nitrogens with zero attached hydrogens (tertiary/aromatic N) is 6. The number of hydrogen-bond acceptors (Lipinski definition) is 5. The molecule has 0 spiro atoms. The summed E-state index contributed by atoms with van der Waals surface area (Å²) in [6.45, 7) is 0.235. The first-order valence-corrected chi connectivity index (χ1v) is 7.76. The van der Waals surface area contributed by atoms with Crippen molar-refractivity contribution < 1.29 is 13.2 Å². The summed E-state index contributed by atoms with van der Waals surface area (Å²) in [5.74, 6) is -0.490. The first-order chi connectivity index (χ1) is 12.4. The summed E-state index contributed by atoms with van der Waals surface area (Å²) < 4.78 is 42.7. The quantitative estimate of drug-likeness (QED) is 0.607. The second kappa shape index (κ2) is 5.68. The third-order valence-electron chi connectivity index (χ3n) is 4.15. The molecular formula is C16H14F3N7. The predicted octanol–water partition coefficient (Wildman–Crippen LogP) is 2.82. The average molecular weight is 361 g/mol. The van der Waals surface area contributed by atoms with Gasteiger partial charge in [0, 0.05) is 14.1 Å². The van der Waals surface area contributed by atoms with Crippen LogP contribution >= 0.6 is 0 Å². The van der Waals surface area contributed by atoms with Gasteiger partial charge in [0.1, 0.15) is 11.3 Å². The molecule has 0 aliphatic carbocycles. The molecule has 134 valence electrons. The van der Waals surface area contributed by atoms with E-state index in [1.54, 1.807) is 0 Å². The van der Waals surface area contributed by atoms with Crippen molar-refractivity contribution >= 4 is 28.0 Å². The van der Waals surface area contributed by atoms with Gasteiger partial charge in [-0.1, -0.05) is 12.1 Å². The zero-order valence-corrected chi connectivity index (χ0v) is 13.9. The minimum Gasteiger partial charge on any atom is -0.371 e. The third kappa shape index (κ3) is 2.54. The van der Waals surface area contributed by atoms with E-state index < -0.39 is 12.0 Å². The summed E-state index contributed by atoms with van der Waals surface area (Å²) in [6.07, 6.45) is -3.20. The Hall–Kier alpha value is -3.17. The van der Waals surface area contributed by atoms with Gasteiger partial charge in [0.25, 0.3) is 0 Å². The molecule has 0 radical (unpaired) electrons. The van der Waals surface area contributed by atoms with Crippen LogP contribution in [0, 0.1) is 0 Å². The van der Waals surface area contributed by atoms with Crippen LogP contribution in [0.3, 0.4) is 0 Å². The number of aromatic nitrogens is 6. The van der Waals surface area contributed by atoms with Crippen molar-refractivity contribution in [1.82, 2.24) is 29.1 Å². The fourth-order valence-corrected chi connectivity index (χ4v) is 2.85. The van der Waals surface area contributed by atoms with E-state index in [-0.39, 0.29) is 23.5 Å². The van der Waals surface area contributed by atoms with Crippen LogP contribution in [0.4, 0.5) is 19.0 Å². The molecule has 4 aromatic rings. The van der Waals surface area contributed by atoms with E-state index in [0.717, 1.165) is 11.0 Å². The molecule has 1 aromatic carbocycles. The highest BCUT2D eigenvalue weighted by Crippen LogP contribution is 2.30. The summed E-state index contributed by atoms with van der Waals surface area (Å²) >= 11 is 0. The van der Waals surface area contributed by atoms with Gasteiger partial charge in [0.05, 0.1) is 23.9 Å². The van der Waals surface area contributed by atoms with Gasteiger partial charge in [-0.05, 0) is 12.1 Å². The lowest BCUT2D eigenvalue weighted by atomic mass is 10.3. The standard InChI is InChI=1S/C16H14F3N7/c1-20-13-12-14(24-15(23-13)16(17,18)19)26(8-21-12)7-11-22-9-5-3-4-6-10(9)25(11)2/h3-6,8H,7H2,1-2H3,(H,20,23,24). The normalized spacial score (nSPS) is 12.2. The molecule has 0 atom stereocenters. The fraction of sp³-hybridized carbons (Fsp3) is 0.250. The molecule has 3 aromatic heterocycles. The lowest BCUT2D eigenvalue weighted by molar-refractivity contribution is -0.144. The van der Waals surface area contributed by atoms with Crippen molar-refractivity contribution in [1.29, 1.82) is 0 Å². The summed E-state index contributed by atoms with van der Waals surface area (Å²) in [7, 11) is 3.35. The molecule has 0 saturated heterocycles. The molecule has 4 rings (SSSR count). The van der Waals surface area contributed by atoms with Gasteiger partial charge < -0.3 is 14.5 Å². The number of benzene rings is 1. The van der Waals surface area contributed by atoms with Gasteiger partial charge in [0.15, 0.2) is 11.5 Å². The largest absolute Gasteiger partial charge is 0.451 e. The lowest BCUT2D eigenvalue weighted by Gasteiger charge is -2.09. The summed E-state index contributed by atoms with van der Waals surface area (Å²) in [5, 5.41) is 2.64. The van der Waals surface area contributed by atoms with Crippen LogP contribution in [-0.2, 0) is 19.8 Å². The Balaban J connectivity index is 1.85. The molecule has 26 heavy (non-hydrogen) atoms. The van der Waals surface area contributed by atoms with Crippen LogP contribution < -0.4 is 5.32 Å². The number of hydrogen-bond donors (Lipinski definition) is 1. The number of nitrogens with one attached hydrogen (secondary N) is 1. The lowest BCUT2D eigenvalue weighted by Crippen LogP contribution is -2.14. The number of halogens is 3. The smallest absolute Gasteiger partial charge is 0.371 e. The van der Waals surface area contributed by atoms with Gasteiger partial charge in [-0.2, -0.15) is 13.2 Å². The van der Waals surface area contributed by atoms with Crippen LogP contribution in [-0.4, -0.2) is 36.1 Å². The first-order valence-electron chi connectivity index (χ1n) is 7.76. The number of imidazole rings is 2. The van der Waals surface area contributed by atoms with Crippen LogP contribution in [0.25, 0.3) is 22.2 Å². The zero-order chi connectivity index (χ0) is 18.5. The van der Waals surface area contributed by atoms with Crippen molar-refractivity contribution in [3.63, 3.8) is 0 Å². The molecule has 0 fully saturated rings. The molecule has 0 saturated carbocycles. The highest BCUT2D eigenvalue weighted by Gasteiger charge is 2.36. The van der Waals surface area contributed by atoms with Gasteiger partial charge in [-0.15, -0.1) is 0 Å². The Kier molecular flexibility index (Phi) is 3.56. The summed E-state index contributed by atoms with van der Waals surface area (Å²) in [5.41, 5.74) is 2.13. The summed E-state index contributed by atoms with van der Waals surface area (Å²) in [4.78, 5) is 15.9. The van der Waals surface area contributed by atoms with Crippen LogP contribution in [0.15, 0.2) is 30.6 Å². The maximum absolute atomic E-state index is 13.1. The molecule has 7 nitrogen and oxygen atoms in total. The van der Waals surface area contributed by atoms with E-state index >= 15 is 0 Å². The number of rotatable bonds is 3. The predicted molar refractivity (Wildman–Crippen MR) is 89.7 cm³/mol. The molecule has 0 bridgehead atoms. The second-order valence-electron chi connectivity index (χ2n) is 5.76. The topological polar surface area (TPSA) is 73.5 Å². The molecule has 0 amide bonds. The van der Waals surface area contributed by atoms with E-state index in [2.05, 4.69) is 25.3 Å². The van der Waals surface area contributed by atoms with Crippen LogP contribution in [0.2, 0.25) is 0 Å². The molecular weight excluding hydrogens is 347 g/mol. The average Bonchev–Trinajstić information content (AvgIpc) is 3.16. The number of aryl methyl sites for hydroxylation is 1. The van der Waals surface area contributed by atoms with Crippen molar-refractivity contribution in [3.05, 3.63) is 42.2 Å². The van der Waals surface area contributed by atoms with E-state index in [9.17, 15) is 13.2 Å². The molecule has 10 heteroatoms. The Morgan fingerprint density at radius 1 is 1.12 bits per heavy atom. The zero-order valence-electron chi connectivity index (χ0n) is 13.9. The van der Waals surface area contributed by atoms with E-state index in [1.165, 1.54) is 17.9 Å². The van der Waals surface area contributed by atoms with Crippen molar-refractivity contribution in [2.24, 2.45) is 7.05 Å². The van der Waals surface area contributed by atoms with Gasteiger partial charge >= 0.3 is 6.18 Å². The Morgan fingerprint density at radius 3 is 2.58 bits per heavy atom. The van der Waals surface area contributed by atoms with Crippen molar-refractivity contribution in [3.8, 4) is 0 Å². The maximum atomic E-state index is 13.1. The molecule has 0 aliphatic heterocycles. The van der Waals surface area contributed by atoms with Gasteiger partial charge in [-0.25, -0.2) is 19.9 Å². The van der Waals surface area contributed by atoms with E-state index in [0.29, 0.717) is 5.82 Å².